The lowest BCUT2D eigenvalue weighted by molar-refractivity contribution is 0.0752. The predicted octanol–water partition coefficient (Wildman–Crippen LogP) is 2.34. The van der Waals surface area contributed by atoms with Gasteiger partial charge in [0, 0.05) is 31.6 Å². The number of hydrogen-bond donors (Lipinski definition) is 1. The summed E-state index contributed by atoms with van der Waals surface area (Å²) in [6, 6.07) is 5.99. The van der Waals surface area contributed by atoms with Gasteiger partial charge in [0.25, 0.3) is 5.91 Å². The van der Waals surface area contributed by atoms with Gasteiger partial charge in [0.15, 0.2) is 5.76 Å². The first-order valence-electron chi connectivity index (χ1n) is 7.62. The third-order valence-corrected chi connectivity index (χ3v) is 5.02. The van der Waals surface area contributed by atoms with Crippen molar-refractivity contribution in [1.82, 2.24) is 10.2 Å². The van der Waals surface area contributed by atoms with Crippen molar-refractivity contribution in [3.63, 3.8) is 0 Å². The Morgan fingerprint density at radius 3 is 2.52 bits per heavy atom. The summed E-state index contributed by atoms with van der Waals surface area (Å²) in [6.07, 6.45) is 0. The van der Waals surface area contributed by atoms with E-state index in [4.69, 9.17) is 4.42 Å². The number of aryl methyl sites for hydroxylation is 2. The SMILES string of the molecule is Cc1cc2cc(C(=O)N3C[C@H]4CNC[C@H]4C3)oc2cc1C. The predicted molar refractivity (Wildman–Crippen MR) is 81.4 cm³/mol. The molecule has 0 unspecified atom stereocenters. The summed E-state index contributed by atoms with van der Waals surface area (Å²) in [5, 5.41) is 4.41. The molecule has 0 saturated carbocycles. The molecule has 2 fully saturated rings. The lowest BCUT2D eigenvalue weighted by Crippen LogP contribution is -2.31. The van der Waals surface area contributed by atoms with E-state index in [1.54, 1.807) is 0 Å². The smallest absolute Gasteiger partial charge is 0.289 e. The maximum absolute atomic E-state index is 12.6. The van der Waals surface area contributed by atoms with Crippen LogP contribution in [-0.4, -0.2) is 37.0 Å². The molecule has 1 aromatic carbocycles. The average molecular weight is 284 g/mol. The van der Waals surface area contributed by atoms with Gasteiger partial charge in [0.2, 0.25) is 0 Å². The number of nitrogens with one attached hydrogen (secondary N) is 1. The highest BCUT2D eigenvalue weighted by molar-refractivity contribution is 5.96. The van der Waals surface area contributed by atoms with Crippen molar-refractivity contribution in [2.75, 3.05) is 26.2 Å². The molecule has 0 spiro atoms. The van der Waals surface area contributed by atoms with Gasteiger partial charge in [-0.2, -0.15) is 0 Å². The molecule has 2 saturated heterocycles. The van der Waals surface area contributed by atoms with Crippen LogP contribution in [0.1, 0.15) is 21.7 Å². The molecule has 4 heteroatoms. The van der Waals surface area contributed by atoms with Crippen LogP contribution in [-0.2, 0) is 0 Å². The molecular weight excluding hydrogens is 264 g/mol. The third-order valence-electron chi connectivity index (χ3n) is 5.02. The molecule has 2 aromatic rings. The zero-order valence-corrected chi connectivity index (χ0v) is 12.5. The zero-order valence-electron chi connectivity index (χ0n) is 12.5. The van der Waals surface area contributed by atoms with Crippen molar-refractivity contribution in [2.45, 2.75) is 13.8 Å². The Morgan fingerprint density at radius 1 is 1.14 bits per heavy atom. The Balaban J connectivity index is 1.62. The van der Waals surface area contributed by atoms with Crippen molar-refractivity contribution in [3.05, 3.63) is 35.1 Å². The highest BCUT2D eigenvalue weighted by Crippen LogP contribution is 2.29. The van der Waals surface area contributed by atoms with Gasteiger partial charge in [0.05, 0.1) is 0 Å². The van der Waals surface area contributed by atoms with Crippen LogP contribution in [0.3, 0.4) is 0 Å². The number of nitrogens with zero attached hydrogens (tertiary/aromatic N) is 1. The van der Waals surface area contributed by atoms with Crippen LogP contribution in [0.5, 0.6) is 0 Å². The number of rotatable bonds is 1. The maximum atomic E-state index is 12.6. The van der Waals surface area contributed by atoms with Gasteiger partial charge < -0.3 is 14.6 Å². The number of carbonyl (C=O) groups excluding carboxylic acids is 1. The van der Waals surface area contributed by atoms with E-state index in [1.807, 2.05) is 17.0 Å². The first kappa shape index (κ1) is 12.9. The molecule has 1 aromatic heterocycles. The second-order valence-electron chi connectivity index (χ2n) is 6.47. The monoisotopic (exact) mass is 284 g/mol. The molecule has 1 amide bonds. The van der Waals surface area contributed by atoms with E-state index in [2.05, 4.69) is 25.2 Å². The molecule has 21 heavy (non-hydrogen) atoms. The second-order valence-corrected chi connectivity index (χ2v) is 6.47. The van der Waals surface area contributed by atoms with Gasteiger partial charge in [0.1, 0.15) is 5.58 Å². The van der Waals surface area contributed by atoms with Crippen LogP contribution in [0.25, 0.3) is 11.0 Å². The van der Waals surface area contributed by atoms with Crippen LogP contribution in [0.4, 0.5) is 0 Å². The number of hydrogen-bond acceptors (Lipinski definition) is 3. The fraction of sp³-hybridized carbons (Fsp3) is 0.471. The zero-order chi connectivity index (χ0) is 14.6. The second kappa shape index (κ2) is 4.60. The molecule has 0 radical (unpaired) electrons. The quantitative estimate of drug-likeness (QED) is 0.874. The van der Waals surface area contributed by atoms with Gasteiger partial charge in [-0.25, -0.2) is 0 Å². The van der Waals surface area contributed by atoms with Gasteiger partial charge >= 0.3 is 0 Å². The molecule has 4 rings (SSSR count). The topological polar surface area (TPSA) is 45.5 Å². The largest absolute Gasteiger partial charge is 0.451 e. The summed E-state index contributed by atoms with van der Waals surface area (Å²) in [4.78, 5) is 14.6. The molecule has 0 bridgehead atoms. The number of furan rings is 1. The molecule has 1 N–H and O–H groups in total. The standard InChI is InChI=1S/C17H20N2O2/c1-10-3-12-5-16(21-15(12)4-11(10)2)17(20)19-8-13-6-18-7-14(13)9-19/h3-5,13-14,18H,6-9H2,1-2H3/t13-,14+. The van der Waals surface area contributed by atoms with E-state index >= 15 is 0 Å². The molecule has 2 aliphatic heterocycles. The van der Waals surface area contributed by atoms with Crippen LogP contribution in [0, 0.1) is 25.7 Å². The Labute approximate surface area is 124 Å². The Morgan fingerprint density at radius 2 is 1.81 bits per heavy atom. The van der Waals surface area contributed by atoms with Crippen molar-refractivity contribution >= 4 is 16.9 Å². The van der Waals surface area contributed by atoms with Crippen LogP contribution >= 0.6 is 0 Å². The number of likely N-dealkylation sites (tertiary alicyclic amines) is 1. The van der Waals surface area contributed by atoms with Crippen LogP contribution in [0.15, 0.2) is 22.6 Å². The molecule has 2 atom stereocenters. The molecule has 110 valence electrons. The number of carbonyl (C=O) groups is 1. The number of fused-ring (bicyclic) bond motifs is 2. The minimum atomic E-state index is 0.0379. The minimum Gasteiger partial charge on any atom is -0.451 e. The molecule has 4 nitrogen and oxygen atoms in total. The fourth-order valence-corrected chi connectivity index (χ4v) is 3.58. The molecule has 0 aliphatic carbocycles. The van der Waals surface area contributed by atoms with Crippen molar-refractivity contribution in [1.29, 1.82) is 0 Å². The Kier molecular flexibility index (Phi) is 2.82. The summed E-state index contributed by atoms with van der Waals surface area (Å²) in [6.45, 7) is 7.92. The lowest BCUT2D eigenvalue weighted by atomic mass is 10.0. The summed E-state index contributed by atoms with van der Waals surface area (Å²) >= 11 is 0. The molecule has 3 heterocycles. The van der Waals surface area contributed by atoms with E-state index in [0.717, 1.165) is 37.1 Å². The van der Waals surface area contributed by atoms with E-state index < -0.39 is 0 Å². The highest BCUT2D eigenvalue weighted by atomic mass is 16.3. The van der Waals surface area contributed by atoms with Gasteiger partial charge in [-0.15, -0.1) is 0 Å². The average Bonchev–Trinajstić information content (AvgIpc) is 3.11. The van der Waals surface area contributed by atoms with Crippen molar-refractivity contribution < 1.29 is 9.21 Å². The first-order valence-corrected chi connectivity index (χ1v) is 7.62. The summed E-state index contributed by atoms with van der Waals surface area (Å²) in [5.41, 5.74) is 3.23. The van der Waals surface area contributed by atoms with Crippen molar-refractivity contribution in [2.24, 2.45) is 11.8 Å². The van der Waals surface area contributed by atoms with Gasteiger partial charge in [-0.1, -0.05) is 0 Å². The summed E-state index contributed by atoms with van der Waals surface area (Å²) in [7, 11) is 0. The highest BCUT2D eigenvalue weighted by Gasteiger charge is 2.38. The number of benzene rings is 1. The third kappa shape index (κ3) is 2.05. The van der Waals surface area contributed by atoms with E-state index in [0.29, 0.717) is 17.6 Å². The van der Waals surface area contributed by atoms with Crippen molar-refractivity contribution in [3.8, 4) is 0 Å². The minimum absolute atomic E-state index is 0.0379. The maximum Gasteiger partial charge on any atom is 0.289 e. The lowest BCUT2D eigenvalue weighted by Gasteiger charge is -2.15. The van der Waals surface area contributed by atoms with E-state index in [9.17, 15) is 4.79 Å². The van der Waals surface area contributed by atoms with Crippen LogP contribution < -0.4 is 5.32 Å². The number of amides is 1. The first-order chi connectivity index (χ1) is 10.1. The Bertz CT molecular complexity index is 668. The summed E-state index contributed by atoms with van der Waals surface area (Å²) < 4.78 is 5.79. The molecule has 2 aliphatic rings. The van der Waals surface area contributed by atoms with E-state index in [-0.39, 0.29) is 5.91 Å². The summed E-state index contributed by atoms with van der Waals surface area (Å²) in [5.74, 6) is 1.74. The van der Waals surface area contributed by atoms with E-state index in [1.165, 1.54) is 11.1 Å². The molecular formula is C17H20N2O2. The van der Waals surface area contributed by atoms with Gasteiger partial charge in [-0.3, -0.25) is 4.79 Å². The Hall–Kier alpha value is -1.81. The fourth-order valence-electron chi connectivity index (χ4n) is 3.58. The normalized spacial score (nSPS) is 24.8. The van der Waals surface area contributed by atoms with Gasteiger partial charge in [-0.05, 0) is 55.0 Å². The van der Waals surface area contributed by atoms with Crippen LogP contribution in [0.2, 0.25) is 0 Å².